The number of hydrogen-bond acceptors (Lipinski definition) is 5. The van der Waals surface area contributed by atoms with Crippen LogP contribution in [0.1, 0.15) is 18.7 Å². The van der Waals surface area contributed by atoms with Crippen LogP contribution in [0.4, 0.5) is 0 Å². The fourth-order valence-electron chi connectivity index (χ4n) is 1.37. The van der Waals surface area contributed by atoms with E-state index in [9.17, 15) is 10.3 Å². The molecule has 16 heavy (non-hydrogen) atoms. The van der Waals surface area contributed by atoms with Crippen molar-refractivity contribution in [1.82, 2.24) is 5.23 Å². The Labute approximate surface area is 109 Å². The van der Waals surface area contributed by atoms with Gasteiger partial charge in [0.05, 0.1) is 8.95 Å². The Balaban J connectivity index is 2.46. The lowest BCUT2D eigenvalue weighted by Crippen LogP contribution is -2.19. The molecule has 0 aliphatic carbocycles. The Hall–Kier alpha value is -0.630. The number of aliphatic imine (C=N–C) groups is 1. The van der Waals surface area contributed by atoms with Gasteiger partial charge in [-0.2, -0.15) is 0 Å². The van der Waals surface area contributed by atoms with Gasteiger partial charge in [-0.15, -0.1) is 0 Å². The normalized spacial score (nSPS) is 20.8. The SMILES string of the molecule is CC1=NC(c2ccc(Br)c(O)c2Br)N(O)O1. The summed E-state index contributed by atoms with van der Waals surface area (Å²) in [5.41, 5.74) is 0.611. The van der Waals surface area contributed by atoms with Gasteiger partial charge in [0, 0.05) is 17.7 Å². The molecule has 1 unspecified atom stereocenters. The highest BCUT2D eigenvalue weighted by atomic mass is 79.9. The minimum Gasteiger partial charge on any atom is -0.506 e. The molecule has 1 aromatic carbocycles. The van der Waals surface area contributed by atoms with Crippen LogP contribution in [0, 0.1) is 0 Å². The standard InChI is InChI=1S/C9H8Br2N2O3/c1-4-12-9(13(15)16-4)5-2-3-6(10)8(14)7(5)11/h2-3,9,14-15H,1H3. The maximum Gasteiger partial charge on any atom is 0.211 e. The second kappa shape index (κ2) is 4.33. The van der Waals surface area contributed by atoms with E-state index in [0.29, 0.717) is 25.6 Å². The third-order valence-electron chi connectivity index (χ3n) is 2.11. The fourth-order valence-corrected chi connectivity index (χ4v) is 2.52. The maximum absolute atomic E-state index is 9.72. The van der Waals surface area contributed by atoms with Crippen molar-refractivity contribution in [3.05, 3.63) is 26.6 Å². The average molecular weight is 352 g/mol. The molecular weight excluding hydrogens is 344 g/mol. The summed E-state index contributed by atoms with van der Waals surface area (Å²) in [6.07, 6.45) is -0.673. The van der Waals surface area contributed by atoms with Crippen molar-refractivity contribution >= 4 is 37.8 Å². The zero-order valence-corrected chi connectivity index (χ0v) is 11.4. The van der Waals surface area contributed by atoms with E-state index < -0.39 is 6.17 Å². The Morgan fingerprint density at radius 2 is 2.12 bits per heavy atom. The first-order chi connectivity index (χ1) is 7.50. The second-order valence-electron chi connectivity index (χ2n) is 3.21. The van der Waals surface area contributed by atoms with Crippen LogP contribution in [0.2, 0.25) is 0 Å². The van der Waals surface area contributed by atoms with Crippen molar-refractivity contribution in [2.75, 3.05) is 0 Å². The van der Waals surface area contributed by atoms with E-state index in [2.05, 4.69) is 36.9 Å². The minimum absolute atomic E-state index is 0.0608. The molecule has 2 N–H and O–H groups in total. The van der Waals surface area contributed by atoms with Gasteiger partial charge in [0.15, 0.2) is 6.17 Å². The largest absolute Gasteiger partial charge is 0.506 e. The van der Waals surface area contributed by atoms with Gasteiger partial charge < -0.3 is 9.94 Å². The molecule has 1 aliphatic rings. The third kappa shape index (κ3) is 1.95. The molecule has 7 heteroatoms. The van der Waals surface area contributed by atoms with E-state index >= 15 is 0 Å². The van der Waals surface area contributed by atoms with E-state index in [-0.39, 0.29) is 5.75 Å². The molecule has 0 fully saturated rings. The fraction of sp³-hybridized carbons (Fsp3) is 0.222. The molecule has 2 rings (SSSR count). The van der Waals surface area contributed by atoms with Crippen LogP contribution in [0.15, 0.2) is 26.1 Å². The summed E-state index contributed by atoms with van der Waals surface area (Å²) in [5, 5.41) is 19.8. The van der Waals surface area contributed by atoms with Gasteiger partial charge in [0.25, 0.3) is 0 Å². The summed E-state index contributed by atoms with van der Waals surface area (Å²) >= 11 is 6.44. The smallest absolute Gasteiger partial charge is 0.211 e. The molecular formula is C9H8Br2N2O3. The Bertz CT molecular complexity index is 464. The van der Waals surface area contributed by atoms with Crippen LogP contribution in [0.3, 0.4) is 0 Å². The zero-order valence-electron chi connectivity index (χ0n) is 8.19. The summed E-state index contributed by atoms with van der Waals surface area (Å²) in [4.78, 5) is 8.96. The number of rotatable bonds is 1. The van der Waals surface area contributed by atoms with E-state index in [1.54, 1.807) is 19.1 Å². The number of benzene rings is 1. The lowest BCUT2D eigenvalue weighted by atomic mass is 10.2. The molecule has 1 aromatic rings. The van der Waals surface area contributed by atoms with Crippen molar-refractivity contribution in [3.63, 3.8) is 0 Å². The van der Waals surface area contributed by atoms with Gasteiger partial charge in [-0.05, 0) is 37.9 Å². The molecule has 86 valence electrons. The van der Waals surface area contributed by atoms with Crippen molar-refractivity contribution < 1.29 is 15.2 Å². The molecule has 0 amide bonds. The highest BCUT2D eigenvalue weighted by molar-refractivity contribution is 9.11. The third-order valence-corrected chi connectivity index (χ3v) is 3.59. The van der Waals surface area contributed by atoms with Gasteiger partial charge in [-0.1, -0.05) is 6.07 Å². The summed E-state index contributed by atoms with van der Waals surface area (Å²) in [6, 6.07) is 3.40. The molecule has 1 atom stereocenters. The number of nitrogens with zero attached hydrogens (tertiary/aromatic N) is 2. The average Bonchev–Trinajstić information content (AvgIpc) is 2.55. The van der Waals surface area contributed by atoms with Crippen LogP contribution >= 0.6 is 31.9 Å². The van der Waals surface area contributed by atoms with Gasteiger partial charge in [-0.3, -0.25) is 5.21 Å². The van der Waals surface area contributed by atoms with Gasteiger partial charge >= 0.3 is 0 Å². The summed E-state index contributed by atoms with van der Waals surface area (Å²) in [7, 11) is 0. The van der Waals surface area contributed by atoms with Crippen molar-refractivity contribution in [3.8, 4) is 5.75 Å². The minimum atomic E-state index is -0.673. The predicted octanol–water partition coefficient (Wildman–Crippen LogP) is 2.97. The van der Waals surface area contributed by atoms with Crippen LogP contribution in [0.5, 0.6) is 5.75 Å². The topological polar surface area (TPSA) is 65.3 Å². The van der Waals surface area contributed by atoms with Crippen LogP contribution in [0.25, 0.3) is 0 Å². The van der Waals surface area contributed by atoms with Crippen molar-refractivity contribution in [2.24, 2.45) is 4.99 Å². The van der Waals surface area contributed by atoms with Crippen molar-refractivity contribution in [2.45, 2.75) is 13.1 Å². The summed E-state index contributed by atoms with van der Waals surface area (Å²) < 4.78 is 1.03. The molecule has 0 bridgehead atoms. The first-order valence-electron chi connectivity index (χ1n) is 4.38. The Morgan fingerprint density at radius 3 is 2.69 bits per heavy atom. The number of phenolic OH excluding ortho intramolecular Hbond substituents is 1. The number of hydrogen-bond donors (Lipinski definition) is 2. The first-order valence-corrected chi connectivity index (χ1v) is 5.96. The monoisotopic (exact) mass is 350 g/mol. The highest BCUT2D eigenvalue weighted by Gasteiger charge is 2.29. The van der Waals surface area contributed by atoms with E-state index in [0.717, 1.165) is 0 Å². The predicted molar refractivity (Wildman–Crippen MR) is 64.1 cm³/mol. The van der Waals surface area contributed by atoms with Gasteiger partial charge in [0.1, 0.15) is 5.75 Å². The van der Waals surface area contributed by atoms with Crippen molar-refractivity contribution in [1.29, 1.82) is 0 Å². The highest BCUT2D eigenvalue weighted by Crippen LogP contribution is 2.40. The number of halogens is 2. The zero-order chi connectivity index (χ0) is 11.9. The Morgan fingerprint density at radius 1 is 1.44 bits per heavy atom. The lowest BCUT2D eigenvalue weighted by molar-refractivity contribution is -0.304. The van der Waals surface area contributed by atoms with Gasteiger partial charge in [-0.25, -0.2) is 4.99 Å². The molecule has 0 aromatic heterocycles. The maximum atomic E-state index is 9.72. The molecule has 0 radical (unpaired) electrons. The molecule has 5 nitrogen and oxygen atoms in total. The number of hydroxylamine groups is 2. The molecule has 1 aliphatic heterocycles. The Kier molecular flexibility index (Phi) is 3.20. The summed E-state index contributed by atoms with van der Waals surface area (Å²) in [6.45, 7) is 1.63. The van der Waals surface area contributed by atoms with E-state index in [1.807, 2.05) is 0 Å². The van der Waals surface area contributed by atoms with E-state index in [4.69, 9.17) is 4.84 Å². The molecule has 0 saturated heterocycles. The molecule has 1 heterocycles. The van der Waals surface area contributed by atoms with E-state index in [1.165, 1.54) is 0 Å². The quantitative estimate of drug-likeness (QED) is 0.816. The first kappa shape index (κ1) is 11.8. The van der Waals surface area contributed by atoms with Crippen LogP contribution < -0.4 is 0 Å². The number of phenols is 1. The molecule has 0 spiro atoms. The van der Waals surface area contributed by atoms with Crippen LogP contribution in [-0.4, -0.2) is 21.4 Å². The summed E-state index contributed by atoms with van der Waals surface area (Å²) in [5.74, 6) is 0.424. The van der Waals surface area contributed by atoms with Gasteiger partial charge in [0.2, 0.25) is 5.90 Å². The second-order valence-corrected chi connectivity index (χ2v) is 4.86. The van der Waals surface area contributed by atoms with Crippen LogP contribution in [-0.2, 0) is 4.84 Å². The molecule has 0 saturated carbocycles. The lowest BCUT2D eigenvalue weighted by Gasteiger charge is -2.16. The number of aromatic hydroxyl groups is 1.